The second kappa shape index (κ2) is 7.29. The van der Waals surface area contributed by atoms with Crippen molar-refractivity contribution in [2.45, 2.75) is 19.4 Å². The first-order valence-electron chi connectivity index (χ1n) is 10.3. The van der Waals surface area contributed by atoms with E-state index in [2.05, 4.69) is 4.90 Å². The van der Waals surface area contributed by atoms with Crippen LogP contribution < -0.4 is 15.0 Å². The molecule has 1 aliphatic heterocycles. The Kier molecular flexibility index (Phi) is 4.59. The predicted molar refractivity (Wildman–Crippen MR) is 116 cm³/mol. The highest BCUT2D eigenvalue weighted by Crippen LogP contribution is 2.42. The van der Waals surface area contributed by atoms with E-state index < -0.39 is 0 Å². The molecule has 0 unspecified atom stereocenters. The molecule has 6 nitrogen and oxygen atoms in total. The summed E-state index contributed by atoms with van der Waals surface area (Å²) in [6, 6.07) is 11.1. The number of benzene rings is 2. The van der Waals surface area contributed by atoms with E-state index in [-0.39, 0.29) is 11.3 Å². The van der Waals surface area contributed by atoms with Gasteiger partial charge in [0, 0.05) is 29.6 Å². The van der Waals surface area contributed by atoms with Crippen LogP contribution in [0, 0.1) is 0 Å². The molecule has 2 aromatic carbocycles. The smallest absolute Gasteiger partial charge is 0.262 e. The summed E-state index contributed by atoms with van der Waals surface area (Å²) in [5.74, 6) is 0.810. The molecule has 0 amide bonds. The lowest BCUT2D eigenvalue weighted by Crippen LogP contribution is -2.31. The molecule has 2 aliphatic rings. The minimum atomic E-state index is -0.150. The Hall–Kier alpha value is -3.12. The Balaban J connectivity index is 1.81. The average molecular weight is 404 g/mol. The van der Waals surface area contributed by atoms with E-state index in [9.17, 15) is 9.59 Å². The fourth-order valence-electron chi connectivity index (χ4n) is 4.84. The fraction of sp³-hybridized carbons (Fsp3) is 0.333. The molecule has 0 bridgehead atoms. The number of methoxy groups -OCH3 is 2. The summed E-state index contributed by atoms with van der Waals surface area (Å²) in [5.41, 5.74) is 2.62. The quantitative estimate of drug-likeness (QED) is 0.511. The Bertz CT molecular complexity index is 1220. The van der Waals surface area contributed by atoms with Gasteiger partial charge in [0.15, 0.2) is 17.3 Å². The van der Waals surface area contributed by atoms with Crippen molar-refractivity contribution in [1.29, 1.82) is 0 Å². The normalized spacial score (nSPS) is 15.5. The SMILES string of the molecule is COc1ccc2c3c(n(CCN4CCCC4)c(=O)c2c1OC)-c1ccccc1C3=O. The van der Waals surface area contributed by atoms with Gasteiger partial charge in [0.25, 0.3) is 5.56 Å². The van der Waals surface area contributed by atoms with E-state index in [1.807, 2.05) is 24.3 Å². The Morgan fingerprint density at radius 2 is 1.63 bits per heavy atom. The molecule has 5 rings (SSSR count). The van der Waals surface area contributed by atoms with Crippen LogP contribution in [0.15, 0.2) is 41.2 Å². The van der Waals surface area contributed by atoms with Gasteiger partial charge in [0.2, 0.25) is 0 Å². The number of likely N-dealkylation sites (tertiary alicyclic amines) is 1. The number of ketones is 1. The minimum absolute atomic E-state index is 0.0484. The van der Waals surface area contributed by atoms with Crippen molar-refractivity contribution in [3.05, 3.63) is 57.9 Å². The lowest BCUT2D eigenvalue weighted by molar-refractivity contribution is 0.104. The van der Waals surface area contributed by atoms with E-state index in [4.69, 9.17) is 9.47 Å². The van der Waals surface area contributed by atoms with Crippen LogP contribution >= 0.6 is 0 Å². The topological polar surface area (TPSA) is 60.8 Å². The molecule has 30 heavy (non-hydrogen) atoms. The van der Waals surface area contributed by atoms with Crippen molar-refractivity contribution >= 4 is 16.6 Å². The summed E-state index contributed by atoms with van der Waals surface area (Å²) in [7, 11) is 3.07. The average Bonchev–Trinajstić information content (AvgIpc) is 3.40. The number of nitrogens with zero attached hydrogens (tertiary/aromatic N) is 2. The number of aromatic nitrogens is 1. The number of hydrogen-bond acceptors (Lipinski definition) is 5. The number of carbonyl (C=O) groups excluding carboxylic acids is 1. The lowest BCUT2D eigenvalue weighted by atomic mass is 10.0. The van der Waals surface area contributed by atoms with Gasteiger partial charge in [-0.05, 0) is 38.1 Å². The highest BCUT2D eigenvalue weighted by atomic mass is 16.5. The van der Waals surface area contributed by atoms with Crippen LogP contribution in [0.1, 0.15) is 28.8 Å². The van der Waals surface area contributed by atoms with Crippen molar-refractivity contribution < 1.29 is 14.3 Å². The first-order valence-corrected chi connectivity index (χ1v) is 10.3. The summed E-state index contributed by atoms with van der Waals surface area (Å²) in [4.78, 5) is 29.5. The second-order valence-electron chi connectivity index (χ2n) is 7.83. The molecule has 0 radical (unpaired) electrons. The van der Waals surface area contributed by atoms with Crippen LogP contribution in [0.3, 0.4) is 0 Å². The molecular formula is C24H24N2O4. The highest BCUT2D eigenvalue weighted by Gasteiger charge is 2.33. The van der Waals surface area contributed by atoms with Crippen LogP contribution in [0.25, 0.3) is 22.0 Å². The van der Waals surface area contributed by atoms with Crippen molar-refractivity contribution in [1.82, 2.24) is 9.47 Å². The van der Waals surface area contributed by atoms with Crippen LogP contribution in [0.5, 0.6) is 11.5 Å². The molecule has 1 fully saturated rings. The molecule has 6 heteroatoms. The lowest BCUT2D eigenvalue weighted by Gasteiger charge is -2.20. The first kappa shape index (κ1) is 18.9. The third kappa shape index (κ3) is 2.67. The summed E-state index contributed by atoms with van der Waals surface area (Å²) in [6.07, 6.45) is 2.38. The van der Waals surface area contributed by atoms with Gasteiger partial charge in [0.05, 0.1) is 30.9 Å². The van der Waals surface area contributed by atoms with E-state index in [1.165, 1.54) is 20.0 Å². The zero-order valence-corrected chi connectivity index (χ0v) is 17.2. The summed E-state index contributed by atoms with van der Waals surface area (Å²) in [6.45, 7) is 3.41. The molecule has 0 saturated carbocycles. The first-order chi connectivity index (χ1) is 14.7. The summed E-state index contributed by atoms with van der Waals surface area (Å²) >= 11 is 0. The second-order valence-corrected chi connectivity index (χ2v) is 7.83. The van der Waals surface area contributed by atoms with Crippen LogP contribution in [0.4, 0.5) is 0 Å². The predicted octanol–water partition coefficient (Wildman–Crippen LogP) is 3.33. The van der Waals surface area contributed by atoms with Gasteiger partial charge in [-0.2, -0.15) is 0 Å². The van der Waals surface area contributed by atoms with Crippen molar-refractivity contribution in [3.8, 4) is 22.8 Å². The van der Waals surface area contributed by atoms with Gasteiger partial charge in [-0.25, -0.2) is 0 Å². The number of ether oxygens (including phenoxy) is 2. The Morgan fingerprint density at radius 3 is 2.33 bits per heavy atom. The molecule has 0 spiro atoms. The molecule has 0 atom stereocenters. The van der Waals surface area contributed by atoms with Crippen molar-refractivity contribution in [3.63, 3.8) is 0 Å². The summed E-state index contributed by atoms with van der Waals surface area (Å²) < 4.78 is 12.8. The largest absolute Gasteiger partial charge is 0.493 e. The van der Waals surface area contributed by atoms with Crippen LogP contribution in [-0.2, 0) is 6.54 Å². The van der Waals surface area contributed by atoms with Gasteiger partial charge in [0.1, 0.15) is 0 Å². The molecule has 0 N–H and O–H groups in total. The molecule has 2 heterocycles. The zero-order chi connectivity index (χ0) is 20.8. The van der Waals surface area contributed by atoms with Gasteiger partial charge < -0.3 is 18.9 Å². The molecule has 1 saturated heterocycles. The molecule has 3 aromatic rings. The van der Waals surface area contributed by atoms with Crippen LogP contribution in [0.2, 0.25) is 0 Å². The van der Waals surface area contributed by atoms with E-state index >= 15 is 0 Å². The van der Waals surface area contributed by atoms with E-state index in [1.54, 1.807) is 23.8 Å². The van der Waals surface area contributed by atoms with Crippen molar-refractivity contribution in [2.75, 3.05) is 33.9 Å². The van der Waals surface area contributed by atoms with E-state index in [0.717, 1.165) is 30.9 Å². The van der Waals surface area contributed by atoms with Gasteiger partial charge in [-0.1, -0.05) is 24.3 Å². The fourth-order valence-corrected chi connectivity index (χ4v) is 4.84. The number of pyridine rings is 1. The molecular weight excluding hydrogens is 380 g/mol. The number of rotatable bonds is 5. The van der Waals surface area contributed by atoms with Gasteiger partial charge in [-0.3, -0.25) is 9.59 Å². The minimum Gasteiger partial charge on any atom is -0.493 e. The zero-order valence-electron chi connectivity index (χ0n) is 17.2. The number of hydrogen-bond donors (Lipinski definition) is 0. The standard InChI is InChI=1S/C24H24N2O4/c1-29-18-10-9-17-19-21(15-7-3-4-8-16(15)22(19)27)26(14-13-25-11-5-6-12-25)24(28)20(17)23(18)30-2/h3-4,7-10H,5-6,11-14H2,1-2H3. The maximum absolute atomic E-state index is 13.8. The Labute approximate surface area is 174 Å². The van der Waals surface area contributed by atoms with Crippen molar-refractivity contribution in [2.24, 2.45) is 0 Å². The third-order valence-electron chi connectivity index (χ3n) is 6.27. The third-order valence-corrected chi connectivity index (χ3v) is 6.27. The molecule has 154 valence electrons. The maximum atomic E-state index is 13.8. The maximum Gasteiger partial charge on any atom is 0.262 e. The van der Waals surface area contributed by atoms with Gasteiger partial charge >= 0.3 is 0 Å². The van der Waals surface area contributed by atoms with E-state index in [0.29, 0.717) is 39.9 Å². The molecule has 1 aromatic heterocycles. The summed E-state index contributed by atoms with van der Waals surface area (Å²) in [5, 5.41) is 1.02. The van der Waals surface area contributed by atoms with Crippen LogP contribution in [-0.4, -0.2) is 49.1 Å². The highest BCUT2D eigenvalue weighted by molar-refractivity contribution is 6.27. The van der Waals surface area contributed by atoms with Gasteiger partial charge in [-0.15, -0.1) is 0 Å². The number of fused-ring (bicyclic) bond motifs is 5. The number of carbonyl (C=O) groups is 1. The molecule has 1 aliphatic carbocycles. The monoisotopic (exact) mass is 404 g/mol. The Morgan fingerprint density at radius 1 is 0.900 bits per heavy atom.